The van der Waals surface area contributed by atoms with E-state index in [4.69, 9.17) is 14.2 Å². The third-order valence-electron chi connectivity index (χ3n) is 7.91. The first-order chi connectivity index (χ1) is 20.7. The predicted octanol–water partition coefficient (Wildman–Crippen LogP) is 1.65. The molecule has 0 fully saturated rings. The molecule has 1 aliphatic carbocycles. The second kappa shape index (κ2) is 14.5. The quantitative estimate of drug-likeness (QED) is 0.255. The Balaban J connectivity index is 1.76. The fourth-order valence-electron chi connectivity index (χ4n) is 5.84. The van der Waals surface area contributed by atoms with Crippen molar-refractivity contribution in [1.82, 2.24) is 10.2 Å². The minimum atomic E-state index is -1.23. The summed E-state index contributed by atoms with van der Waals surface area (Å²) in [5, 5.41) is 33.7. The van der Waals surface area contributed by atoms with E-state index in [1.54, 1.807) is 25.3 Å². The number of amides is 2. The summed E-state index contributed by atoms with van der Waals surface area (Å²) in [4.78, 5) is 40.3. The molecule has 2 aromatic carbocycles. The summed E-state index contributed by atoms with van der Waals surface area (Å²) in [7, 11) is 3.03. The number of fused-ring (bicyclic) bond motifs is 3. The number of ketones is 1. The van der Waals surface area contributed by atoms with Gasteiger partial charge in [0.1, 0.15) is 23.7 Å². The van der Waals surface area contributed by atoms with Gasteiger partial charge in [0.15, 0.2) is 11.5 Å². The predicted molar refractivity (Wildman–Crippen MR) is 157 cm³/mol. The van der Waals surface area contributed by atoms with Gasteiger partial charge in [-0.25, -0.2) is 0 Å². The number of para-hydroxylation sites is 1. The van der Waals surface area contributed by atoms with E-state index >= 15 is 0 Å². The minimum Gasteiger partial charge on any atom is -0.496 e. The molecule has 0 spiro atoms. The van der Waals surface area contributed by atoms with Crippen LogP contribution in [0.25, 0.3) is 0 Å². The highest BCUT2D eigenvalue weighted by atomic mass is 16.5. The molecule has 0 bridgehead atoms. The van der Waals surface area contributed by atoms with Crippen molar-refractivity contribution in [2.24, 2.45) is 0 Å². The van der Waals surface area contributed by atoms with E-state index < -0.39 is 30.1 Å². The molecule has 2 amide bonds. The van der Waals surface area contributed by atoms with Crippen molar-refractivity contribution in [3.05, 3.63) is 64.7 Å². The van der Waals surface area contributed by atoms with Crippen LogP contribution in [0, 0.1) is 0 Å². The first-order valence-corrected chi connectivity index (χ1v) is 14.4. The van der Waals surface area contributed by atoms with Crippen LogP contribution >= 0.6 is 0 Å². The van der Waals surface area contributed by atoms with E-state index in [0.717, 1.165) is 5.56 Å². The normalized spacial score (nSPS) is 20.3. The van der Waals surface area contributed by atoms with Gasteiger partial charge in [0.25, 0.3) is 0 Å². The Hall–Kier alpha value is -3.93. The molecule has 232 valence electrons. The maximum atomic E-state index is 13.7. The van der Waals surface area contributed by atoms with Crippen LogP contribution in [-0.2, 0) is 27.4 Å². The highest BCUT2D eigenvalue weighted by Gasteiger charge is 2.51. The molecule has 4 rings (SSSR count). The van der Waals surface area contributed by atoms with Gasteiger partial charge in [-0.3, -0.25) is 9.59 Å². The number of benzene rings is 2. The molecule has 43 heavy (non-hydrogen) atoms. The SMILES string of the molecule is COc1ccccc1CCN(C(=O)CCCC(C)=O)[C@@H]1C=C(C(=O)NCCO)[C@@H]2c3cc(CO)cc(OC)c3O[C@@H]2[C@H]1O. The molecule has 0 saturated carbocycles. The molecule has 2 aromatic rings. The second-order valence-electron chi connectivity index (χ2n) is 10.7. The van der Waals surface area contributed by atoms with Crippen LogP contribution in [-0.4, -0.2) is 90.0 Å². The summed E-state index contributed by atoms with van der Waals surface area (Å²) >= 11 is 0. The fraction of sp³-hybridized carbons (Fsp3) is 0.469. The summed E-state index contributed by atoms with van der Waals surface area (Å²) < 4.78 is 17.3. The Bertz CT molecular complexity index is 1360. The van der Waals surface area contributed by atoms with Gasteiger partial charge in [0, 0.05) is 37.1 Å². The van der Waals surface area contributed by atoms with E-state index in [-0.39, 0.29) is 56.4 Å². The van der Waals surface area contributed by atoms with Crippen LogP contribution in [0.5, 0.6) is 17.2 Å². The molecule has 1 aliphatic heterocycles. The van der Waals surface area contributed by atoms with Gasteiger partial charge in [0.2, 0.25) is 11.8 Å². The van der Waals surface area contributed by atoms with Crippen molar-refractivity contribution in [1.29, 1.82) is 0 Å². The van der Waals surface area contributed by atoms with E-state index in [1.165, 1.54) is 18.9 Å². The second-order valence-corrected chi connectivity index (χ2v) is 10.7. The highest BCUT2D eigenvalue weighted by molar-refractivity contribution is 5.96. The molecule has 4 atom stereocenters. The Morgan fingerprint density at radius 2 is 1.79 bits per heavy atom. The van der Waals surface area contributed by atoms with E-state index in [9.17, 15) is 29.7 Å². The fourth-order valence-corrected chi connectivity index (χ4v) is 5.84. The topological polar surface area (TPSA) is 155 Å². The number of Topliss-reactive ketones (excluding diaryl/α,β-unsaturated/α-hetero) is 1. The molecule has 2 aliphatic rings. The Labute approximate surface area is 251 Å². The zero-order valence-electron chi connectivity index (χ0n) is 24.7. The molecular weight excluding hydrogens is 556 g/mol. The molecule has 1 heterocycles. The molecule has 11 nitrogen and oxygen atoms in total. The number of aliphatic hydroxyl groups excluding tert-OH is 3. The first-order valence-electron chi connectivity index (χ1n) is 14.4. The Morgan fingerprint density at radius 3 is 2.47 bits per heavy atom. The summed E-state index contributed by atoms with van der Waals surface area (Å²) in [5.41, 5.74) is 2.25. The largest absolute Gasteiger partial charge is 0.496 e. The van der Waals surface area contributed by atoms with Crippen molar-refractivity contribution < 1.29 is 43.9 Å². The number of hydrogen-bond donors (Lipinski definition) is 4. The van der Waals surface area contributed by atoms with Crippen LogP contribution in [0.4, 0.5) is 0 Å². The van der Waals surface area contributed by atoms with Gasteiger partial charge < -0.3 is 44.5 Å². The third kappa shape index (κ3) is 7.01. The summed E-state index contributed by atoms with van der Waals surface area (Å²) in [6, 6.07) is 9.86. The van der Waals surface area contributed by atoms with E-state index in [1.807, 2.05) is 24.3 Å². The van der Waals surface area contributed by atoms with Crippen molar-refractivity contribution in [2.75, 3.05) is 33.9 Å². The molecule has 0 aromatic heterocycles. The number of carbonyl (C=O) groups is 3. The maximum absolute atomic E-state index is 13.7. The van der Waals surface area contributed by atoms with Crippen LogP contribution in [0.2, 0.25) is 0 Å². The van der Waals surface area contributed by atoms with Gasteiger partial charge >= 0.3 is 0 Å². The molecule has 0 saturated heterocycles. The summed E-state index contributed by atoms with van der Waals surface area (Å²) in [6.45, 7) is 1.14. The molecular formula is C32H40N2O9. The number of aliphatic hydroxyl groups is 3. The average molecular weight is 597 g/mol. The smallest absolute Gasteiger partial charge is 0.247 e. The van der Waals surface area contributed by atoms with Crippen molar-refractivity contribution in [3.8, 4) is 17.2 Å². The number of rotatable bonds is 14. The lowest BCUT2D eigenvalue weighted by Crippen LogP contribution is -2.56. The van der Waals surface area contributed by atoms with E-state index in [0.29, 0.717) is 41.2 Å². The number of ether oxygens (including phenoxy) is 3. The number of nitrogens with one attached hydrogen (secondary N) is 1. The first kappa shape index (κ1) is 32.0. The van der Waals surface area contributed by atoms with Crippen LogP contribution in [0.3, 0.4) is 0 Å². The number of methoxy groups -OCH3 is 2. The monoisotopic (exact) mass is 596 g/mol. The number of nitrogens with zero attached hydrogens (tertiary/aromatic N) is 1. The van der Waals surface area contributed by atoms with Crippen molar-refractivity contribution >= 4 is 17.6 Å². The van der Waals surface area contributed by atoms with Crippen molar-refractivity contribution in [2.45, 2.75) is 63.4 Å². The lowest BCUT2D eigenvalue weighted by atomic mass is 9.77. The zero-order valence-corrected chi connectivity index (χ0v) is 24.7. The number of carbonyl (C=O) groups excluding carboxylic acids is 3. The van der Waals surface area contributed by atoms with Crippen LogP contribution in [0.1, 0.15) is 48.8 Å². The van der Waals surface area contributed by atoms with Gasteiger partial charge in [-0.15, -0.1) is 0 Å². The third-order valence-corrected chi connectivity index (χ3v) is 7.91. The average Bonchev–Trinajstić information content (AvgIpc) is 3.40. The standard InChI is InChI=1S/C32H40N2O9/c1-19(37)7-6-10-27(38)34(13-11-21-8-4-5-9-25(21)41-2)24-17-23(32(40)33-12-14-35)28-22-15-20(18-36)16-26(42-3)30(22)43-31(28)29(24)39/h4-5,8-9,15-17,24,28-29,31,35-36,39H,6-7,10-14,18H2,1-3H3,(H,33,40)/t24-,28+,29+,31+/m1/s1. The lowest BCUT2D eigenvalue weighted by molar-refractivity contribution is -0.137. The van der Waals surface area contributed by atoms with Gasteiger partial charge in [-0.2, -0.15) is 0 Å². The minimum absolute atomic E-state index is 0.00991. The Morgan fingerprint density at radius 1 is 1.05 bits per heavy atom. The molecule has 0 radical (unpaired) electrons. The summed E-state index contributed by atoms with van der Waals surface area (Å²) in [6.07, 6.45) is 0.516. The van der Waals surface area contributed by atoms with Gasteiger partial charge in [-0.1, -0.05) is 18.2 Å². The molecule has 4 N–H and O–H groups in total. The highest BCUT2D eigenvalue weighted by Crippen LogP contribution is 2.51. The lowest BCUT2D eigenvalue weighted by Gasteiger charge is -2.41. The maximum Gasteiger partial charge on any atom is 0.247 e. The van der Waals surface area contributed by atoms with Gasteiger partial charge in [0.05, 0.1) is 39.4 Å². The summed E-state index contributed by atoms with van der Waals surface area (Å²) in [5.74, 6) is -0.127. The number of hydrogen-bond acceptors (Lipinski definition) is 9. The van der Waals surface area contributed by atoms with Crippen molar-refractivity contribution in [3.63, 3.8) is 0 Å². The van der Waals surface area contributed by atoms with Gasteiger partial charge in [-0.05, 0) is 55.2 Å². The Kier molecular flexibility index (Phi) is 10.8. The van der Waals surface area contributed by atoms with Crippen LogP contribution < -0.4 is 19.5 Å². The molecule has 11 heteroatoms. The zero-order chi connectivity index (χ0) is 31.1. The van der Waals surface area contributed by atoms with Crippen LogP contribution in [0.15, 0.2) is 48.0 Å². The molecule has 0 unspecified atom stereocenters. The van der Waals surface area contributed by atoms with E-state index in [2.05, 4.69) is 5.32 Å².